The highest BCUT2D eigenvalue weighted by atomic mass is 79.9. The van der Waals surface area contributed by atoms with E-state index in [0.717, 1.165) is 22.9 Å². The molecule has 0 bridgehead atoms. The number of pyridine rings is 1. The zero-order valence-corrected chi connectivity index (χ0v) is 28.5. The lowest BCUT2D eigenvalue weighted by molar-refractivity contribution is 0.0610. The highest BCUT2D eigenvalue weighted by Gasteiger charge is 2.35. The fraction of sp³-hybridized carbons (Fsp3) is 0.243. The Morgan fingerprint density at radius 2 is 1.82 bits per heavy atom. The van der Waals surface area contributed by atoms with Gasteiger partial charge in [0.05, 0.1) is 29.7 Å². The molecule has 0 saturated heterocycles. The van der Waals surface area contributed by atoms with Crippen LogP contribution in [0.5, 0.6) is 5.75 Å². The number of imidazole rings is 1. The normalized spacial score (nSPS) is 15.5. The van der Waals surface area contributed by atoms with E-state index in [1.54, 1.807) is 70.1 Å². The molecule has 0 spiro atoms. The number of amides is 2. The Hall–Kier alpha value is -5.23. The van der Waals surface area contributed by atoms with Crippen LogP contribution in [-0.2, 0) is 19.6 Å². The lowest BCUT2D eigenvalue weighted by Gasteiger charge is -2.34. The summed E-state index contributed by atoms with van der Waals surface area (Å²) in [6.45, 7) is 3.79. The first-order chi connectivity index (χ1) is 23.6. The van der Waals surface area contributed by atoms with Gasteiger partial charge in [0.15, 0.2) is 0 Å². The summed E-state index contributed by atoms with van der Waals surface area (Å²) in [5, 5.41) is 2.86. The molecule has 3 heterocycles. The highest BCUT2D eigenvalue weighted by molar-refractivity contribution is 9.10. The van der Waals surface area contributed by atoms with Gasteiger partial charge in [0.2, 0.25) is 0 Å². The minimum Gasteiger partial charge on any atom is -0.490 e. The first kappa shape index (κ1) is 32.3. The van der Waals surface area contributed by atoms with E-state index in [4.69, 9.17) is 10.5 Å². The maximum Gasteiger partial charge on any atom is 0.333 e. The third-order valence-electron chi connectivity index (χ3n) is 8.94. The zero-order valence-electron chi connectivity index (χ0n) is 27.0. The number of fused-ring (bicyclic) bond motifs is 1. The lowest BCUT2D eigenvalue weighted by atomic mass is 10.0. The molecule has 1 aliphatic heterocycles. The lowest BCUT2D eigenvalue weighted by Crippen LogP contribution is -2.47. The van der Waals surface area contributed by atoms with Gasteiger partial charge in [0.1, 0.15) is 23.1 Å². The van der Waals surface area contributed by atoms with E-state index < -0.39 is 17.4 Å². The summed E-state index contributed by atoms with van der Waals surface area (Å²) >= 11 is 3.49. The molecule has 49 heavy (non-hydrogen) atoms. The van der Waals surface area contributed by atoms with Gasteiger partial charge in [0, 0.05) is 40.3 Å². The van der Waals surface area contributed by atoms with E-state index in [9.17, 15) is 14.4 Å². The van der Waals surface area contributed by atoms with Crippen molar-refractivity contribution in [3.63, 3.8) is 0 Å². The van der Waals surface area contributed by atoms with Crippen molar-refractivity contribution in [1.29, 1.82) is 0 Å². The number of nitrogens with one attached hydrogen (secondary N) is 1. The van der Waals surface area contributed by atoms with Crippen LogP contribution in [0, 0.1) is 12.7 Å². The molecule has 2 aromatic heterocycles. The third-order valence-corrected chi connectivity index (χ3v) is 9.83. The smallest absolute Gasteiger partial charge is 0.333 e. The van der Waals surface area contributed by atoms with Crippen molar-refractivity contribution < 1.29 is 18.7 Å². The number of rotatable bonds is 8. The molecule has 0 unspecified atom stereocenters. The van der Waals surface area contributed by atoms with Crippen molar-refractivity contribution in [3.05, 3.63) is 128 Å². The van der Waals surface area contributed by atoms with Gasteiger partial charge in [-0.05, 0) is 92.9 Å². The van der Waals surface area contributed by atoms with Crippen LogP contribution in [0.1, 0.15) is 57.4 Å². The topological polar surface area (TPSA) is 124 Å². The van der Waals surface area contributed by atoms with Gasteiger partial charge < -0.3 is 20.7 Å². The second-order valence-corrected chi connectivity index (χ2v) is 13.3. The average molecular weight is 726 g/mol. The Kier molecular flexibility index (Phi) is 8.57. The number of aryl methyl sites for hydroxylation is 1. The fourth-order valence-electron chi connectivity index (χ4n) is 6.19. The number of aromatic nitrogens is 3. The zero-order chi connectivity index (χ0) is 34.4. The molecule has 2 amide bonds. The first-order valence-corrected chi connectivity index (χ1v) is 16.9. The highest BCUT2D eigenvalue weighted by Crippen LogP contribution is 2.30. The number of nitrogen functional groups attached to an aromatic ring is 1. The molecule has 0 radical (unpaired) electrons. The predicted molar refractivity (Wildman–Crippen MR) is 187 cm³/mol. The quantitative estimate of drug-likeness (QED) is 0.202. The van der Waals surface area contributed by atoms with Crippen LogP contribution >= 0.6 is 15.9 Å². The molecule has 1 saturated carbocycles. The van der Waals surface area contributed by atoms with Crippen molar-refractivity contribution in [2.75, 3.05) is 5.73 Å². The number of nitrogens with two attached hydrogens (primary N) is 1. The van der Waals surface area contributed by atoms with Gasteiger partial charge in [-0.25, -0.2) is 14.2 Å². The molecule has 3 N–H and O–H groups in total. The third kappa shape index (κ3) is 6.35. The summed E-state index contributed by atoms with van der Waals surface area (Å²) in [5.74, 6) is -0.388. The molecular formula is C37H34BrFN6O4. The van der Waals surface area contributed by atoms with Crippen molar-refractivity contribution >= 4 is 33.6 Å². The van der Waals surface area contributed by atoms with E-state index in [-0.39, 0.29) is 54.8 Å². The number of anilines is 1. The number of ether oxygens (including phenoxy) is 1. The largest absolute Gasteiger partial charge is 0.490 e. The van der Waals surface area contributed by atoms with E-state index in [2.05, 4.69) is 26.2 Å². The second kappa shape index (κ2) is 13.0. The molecule has 3 aromatic carbocycles. The van der Waals surface area contributed by atoms with E-state index in [1.165, 1.54) is 10.6 Å². The number of nitrogens with zero attached hydrogens (tertiary/aromatic N) is 4. The van der Waals surface area contributed by atoms with E-state index in [0.29, 0.717) is 34.0 Å². The van der Waals surface area contributed by atoms with Crippen LogP contribution in [-0.4, -0.2) is 43.0 Å². The van der Waals surface area contributed by atoms with Crippen LogP contribution in [0.4, 0.5) is 10.2 Å². The summed E-state index contributed by atoms with van der Waals surface area (Å²) in [5.41, 5.74) is 8.97. The number of carbonyl (C=O) groups is 2. The maximum absolute atomic E-state index is 15.3. The summed E-state index contributed by atoms with van der Waals surface area (Å²) in [7, 11) is 0. The van der Waals surface area contributed by atoms with Crippen LogP contribution in [0.15, 0.2) is 88.1 Å². The molecule has 1 atom stereocenters. The number of benzene rings is 3. The number of halogens is 2. The van der Waals surface area contributed by atoms with Gasteiger partial charge in [-0.3, -0.25) is 18.7 Å². The Bertz CT molecular complexity index is 2160. The average Bonchev–Trinajstić information content (AvgIpc) is 3.86. The van der Waals surface area contributed by atoms with Gasteiger partial charge in [-0.2, -0.15) is 0 Å². The summed E-state index contributed by atoms with van der Waals surface area (Å²) < 4.78 is 25.0. The fourth-order valence-corrected chi connectivity index (χ4v) is 6.44. The number of hydrogen-bond acceptors (Lipinski definition) is 6. The Labute approximate surface area is 290 Å². The minimum absolute atomic E-state index is 0.0150. The van der Waals surface area contributed by atoms with E-state index >= 15 is 4.39 Å². The molecule has 1 fully saturated rings. The molecule has 12 heteroatoms. The van der Waals surface area contributed by atoms with Gasteiger partial charge >= 0.3 is 5.69 Å². The SMILES string of the molecule is Cc1cc(C(=O)N2Cc3c(C(=O)NCc4c(F)cccc4-c4cccc(N)n4)n(-c4ccc(OC5CC5)cc4)c(=O)n3C[C@H]2C)ccc1Br. The maximum atomic E-state index is 15.3. The van der Waals surface area contributed by atoms with E-state index in [1.807, 2.05) is 26.0 Å². The van der Waals surface area contributed by atoms with Crippen molar-refractivity contribution in [2.45, 2.75) is 58.5 Å². The van der Waals surface area contributed by atoms with Crippen LogP contribution in [0.25, 0.3) is 16.9 Å². The minimum atomic E-state index is -0.597. The Balaban J connectivity index is 1.27. The number of hydrogen-bond donors (Lipinski definition) is 2. The monoisotopic (exact) mass is 724 g/mol. The first-order valence-electron chi connectivity index (χ1n) is 16.1. The molecule has 2 aliphatic rings. The Morgan fingerprint density at radius 3 is 2.53 bits per heavy atom. The molecular weight excluding hydrogens is 691 g/mol. The summed E-state index contributed by atoms with van der Waals surface area (Å²) in [4.78, 5) is 48.2. The van der Waals surface area contributed by atoms with Gasteiger partial charge in [-0.1, -0.05) is 34.1 Å². The molecule has 250 valence electrons. The van der Waals surface area contributed by atoms with Crippen molar-refractivity contribution in [3.8, 4) is 22.7 Å². The molecule has 7 rings (SSSR count). The van der Waals surface area contributed by atoms with Crippen molar-refractivity contribution in [1.82, 2.24) is 24.3 Å². The van der Waals surface area contributed by atoms with Crippen LogP contribution in [0.3, 0.4) is 0 Å². The molecule has 10 nitrogen and oxygen atoms in total. The molecule has 5 aromatic rings. The van der Waals surface area contributed by atoms with Crippen LogP contribution in [0.2, 0.25) is 0 Å². The predicted octanol–water partition coefficient (Wildman–Crippen LogP) is 6.01. The summed E-state index contributed by atoms with van der Waals surface area (Å²) in [6.07, 6.45) is 2.20. The number of carbonyl (C=O) groups excluding carboxylic acids is 2. The molecule has 1 aliphatic carbocycles. The van der Waals surface area contributed by atoms with Gasteiger partial charge in [0.25, 0.3) is 11.8 Å². The summed E-state index contributed by atoms with van der Waals surface area (Å²) in [6, 6.07) is 21.7. The van der Waals surface area contributed by atoms with Gasteiger partial charge in [-0.15, -0.1) is 0 Å². The standard InChI is InChI=1S/C37H34BrFN6O4/c1-21-17-23(9-16-29(21)38)36(47)43-20-32-34(35(46)41-18-28-27(5-3-6-30(28)39)31-7-4-8-33(40)42-31)45(37(48)44(32)19-22(43)2)24-10-12-25(13-11-24)49-26-14-15-26/h3-13,16-17,22,26H,14-15,18-20H2,1-2H3,(H2,40,42)(H,41,46)/t22-/m1/s1. The van der Waals surface area contributed by atoms with Crippen LogP contribution < -0.4 is 21.5 Å². The Morgan fingerprint density at radius 1 is 1.06 bits per heavy atom. The van der Waals surface area contributed by atoms with Crippen molar-refractivity contribution in [2.24, 2.45) is 0 Å². The second-order valence-electron chi connectivity index (χ2n) is 12.5.